The van der Waals surface area contributed by atoms with Crippen LogP contribution in [0, 0.1) is 11.6 Å². The molecule has 0 aliphatic heterocycles. The van der Waals surface area contributed by atoms with E-state index in [0.717, 1.165) is 12.4 Å². The third-order valence-electron chi connectivity index (χ3n) is 1.35. The topological polar surface area (TPSA) is 38.9 Å². The van der Waals surface area contributed by atoms with E-state index in [1.54, 1.807) is 0 Å². The second-order valence-electron chi connectivity index (χ2n) is 2.12. The molecule has 1 heterocycles. The Kier molecular flexibility index (Phi) is 2.48. The van der Waals surface area contributed by atoms with Gasteiger partial charge in [-0.2, -0.15) is 0 Å². The number of nitrogens with zero attached hydrogens (tertiary/aromatic N) is 1. The minimum atomic E-state index is -0.629. The summed E-state index contributed by atoms with van der Waals surface area (Å²) < 4.78 is 25.4. The summed E-state index contributed by atoms with van der Waals surface area (Å²) in [5, 5.41) is 0. The Morgan fingerprint density at radius 3 is 2.27 bits per heavy atom. The zero-order valence-electron chi connectivity index (χ0n) is 5.85. The number of halogens is 2. The monoisotopic (exact) mass is 158 g/mol. The maximum absolute atomic E-state index is 12.7. The number of rotatable bonds is 2. The van der Waals surface area contributed by atoms with Crippen molar-refractivity contribution in [2.24, 2.45) is 5.73 Å². The third kappa shape index (κ3) is 1.71. The van der Waals surface area contributed by atoms with Crippen LogP contribution in [0.3, 0.4) is 0 Å². The van der Waals surface area contributed by atoms with Gasteiger partial charge in [0.1, 0.15) is 11.6 Å². The standard InChI is InChI=1S/C7H8F2N2/c8-6-3-11-4-7(9)5(6)1-2-10/h3-4H,1-2,10H2. The molecule has 2 N–H and O–H groups in total. The molecule has 0 unspecified atom stereocenters. The normalized spacial score (nSPS) is 10.1. The van der Waals surface area contributed by atoms with Crippen LogP contribution in [-0.2, 0) is 6.42 Å². The van der Waals surface area contributed by atoms with E-state index in [4.69, 9.17) is 5.73 Å². The van der Waals surface area contributed by atoms with E-state index in [9.17, 15) is 8.78 Å². The minimum Gasteiger partial charge on any atom is -0.330 e. The lowest BCUT2D eigenvalue weighted by Crippen LogP contribution is -2.06. The van der Waals surface area contributed by atoms with Crippen LogP contribution in [-0.4, -0.2) is 11.5 Å². The van der Waals surface area contributed by atoms with Gasteiger partial charge < -0.3 is 5.73 Å². The summed E-state index contributed by atoms with van der Waals surface area (Å²) in [5.74, 6) is -1.26. The summed E-state index contributed by atoms with van der Waals surface area (Å²) in [7, 11) is 0. The maximum atomic E-state index is 12.7. The molecule has 1 rings (SSSR count). The number of aromatic nitrogens is 1. The van der Waals surface area contributed by atoms with Gasteiger partial charge in [0, 0.05) is 5.56 Å². The van der Waals surface area contributed by atoms with E-state index >= 15 is 0 Å². The van der Waals surface area contributed by atoms with E-state index in [0.29, 0.717) is 0 Å². The Morgan fingerprint density at radius 2 is 1.82 bits per heavy atom. The summed E-state index contributed by atoms with van der Waals surface area (Å²) in [5.41, 5.74) is 5.16. The summed E-state index contributed by atoms with van der Waals surface area (Å²) in [6.45, 7) is 0.234. The predicted molar refractivity (Wildman–Crippen MR) is 36.9 cm³/mol. The average Bonchev–Trinajstić information content (AvgIpc) is 1.97. The molecule has 0 bridgehead atoms. The molecule has 0 aliphatic rings. The summed E-state index contributed by atoms with van der Waals surface area (Å²) >= 11 is 0. The minimum absolute atomic E-state index is 0.0162. The highest BCUT2D eigenvalue weighted by Gasteiger charge is 2.06. The smallest absolute Gasteiger partial charge is 0.147 e. The first-order chi connectivity index (χ1) is 5.25. The van der Waals surface area contributed by atoms with Crippen LogP contribution >= 0.6 is 0 Å². The highest BCUT2D eigenvalue weighted by Crippen LogP contribution is 2.09. The zero-order chi connectivity index (χ0) is 8.27. The quantitative estimate of drug-likeness (QED) is 0.693. The van der Waals surface area contributed by atoms with Gasteiger partial charge in [-0.25, -0.2) is 8.78 Å². The highest BCUT2D eigenvalue weighted by molar-refractivity contribution is 5.15. The molecule has 60 valence electrons. The fourth-order valence-electron chi connectivity index (χ4n) is 0.821. The molecule has 0 saturated heterocycles. The molecule has 0 aromatic carbocycles. The van der Waals surface area contributed by atoms with Crippen molar-refractivity contribution in [3.63, 3.8) is 0 Å². The molecule has 4 heteroatoms. The Bertz CT molecular complexity index is 230. The Hall–Kier alpha value is -1.03. The van der Waals surface area contributed by atoms with E-state index in [2.05, 4.69) is 4.98 Å². The molecular weight excluding hydrogens is 150 g/mol. The molecular formula is C7H8F2N2. The second-order valence-corrected chi connectivity index (χ2v) is 2.12. The predicted octanol–water partition coefficient (Wildman–Crippen LogP) is 0.861. The first-order valence-electron chi connectivity index (χ1n) is 3.23. The lowest BCUT2D eigenvalue weighted by molar-refractivity contribution is 0.546. The van der Waals surface area contributed by atoms with Crippen molar-refractivity contribution in [3.05, 3.63) is 29.6 Å². The van der Waals surface area contributed by atoms with Gasteiger partial charge in [0.05, 0.1) is 12.4 Å². The molecule has 11 heavy (non-hydrogen) atoms. The molecule has 2 nitrogen and oxygen atoms in total. The zero-order valence-corrected chi connectivity index (χ0v) is 5.85. The van der Waals surface area contributed by atoms with Gasteiger partial charge in [0.15, 0.2) is 0 Å². The Balaban J connectivity index is 3.00. The Morgan fingerprint density at radius 1 is 1.27 bits per heavy atom. The van der Waals surface area contributed by atoms with E-state index < -0.39 is 11.6 Å². The van der Waals surface area contributed by atoms with Crippen LogP contribution < -0.4 is 5.73 Å². The number of pyridine rings is 1. The first kappa shape index (κ1) is 8.07. The first-order valence-corrected chi connectivity index (χ1v) is 3.23. The fraction of sp³-hybridized carbons (Fsp3) is 0.286. The lowest BCUT2D eigenvalue weighted by atomic mass is 10.2. The molecule has 1 aromatic heterocycles. The molecule has 0 fully saturated rings. The van der Waals surface area contributed by atoms with Crippen LogP contribution in [0.25, 0.3) is 0 Å². The molecule has 0 spiro atoms. The van der Waals surface area contributed by atoms with Crippen molar-refractivity contribution >= 4 is 0 Å². The van der Waals surface area contributed by atoms with Crippen LogP contribution in [0.2, 0.25) is 0 Å². The van der Waals surface area contributed by atoms with E-state index in [-0.39, 0.29) is 18.5 Å². The van der Waals surface area contributed by atoms with E-state index in [1.165, 1.54) is 0 Å². The lowest BCUT2D eigenvalue weighted by Gasteiger charge is -2.00. The van der Waals surface area contributed by atoms with Gasteiger partial charge in [0.2, 0.25) is 0 Å². The van der Waals surface area contributed by atoms with Gasteiger partial charge in [-0.15, -0.1) is 0 Å². The van der Waals surface area contributed by atoms with E-state index in [1.807, 2.05) is 0 Å². The van der Waals surface area contributed by atoms with Gasteiger partial charge in [0.25, 0.3) is 0 Å². The van der Waals surface area contributed by atoms with Crippen LogP contribution in [0.15, 0.2) is 12.4 Å². The molecule has 0 atom stereocenters. The van der Waals surface area contributed by atoms with Crippen LogP contribution in [0.4, 0.5) is 8.78 Å². The Labute approximate surface area is 63.1 Å². The van der Waals surface area contributed by atoms with Crippen molar-refractivity contribution in [2.75, 3.05) is 6.54 Å². The molecule has 1 aromatic rings. The van der Waals surface area contributed by atoms with Gasteiger partial charge in [-0.1, -0.05) is 0 Å². The van der Waals surface area contributed by atoms with Crippen LogP contribution in [0.1, 0.15) is 5.56 Å². The number of hydrogen-bond donors (Lipinski definition) is 1. The molecule has 0 radical (unpaired) electrons. The summed E-state index contributed by atoms with van der Waals surface area (Å²) in [6, 6.07) is 0. The van der Waals surface area contributed by atoms with Crippen molar-refractivity contribution in [2.45, 2.75) is 6.42 Å². The van der Waals surface area contributed by atoms with Crippen molar-refractivity contribution < 1.29 is 8.78 Å². The SMILES string of the molecule is NCCc1c(F)cncc1F. The maximum Gasteiger partial charge on any atom is 0.147 e. The van der Waals surface area contributed by atoms with Gasteiger partial charge >= 0.3 is 0 Å². The van der Waals surface area contributed by atoms with Crippen molar-refractivity contribution in [1.82, 2.24) is 4.98 Å². The highest BCUT2D eigenvalue weighted by atomic mass is 19.1. The number of hydrogen-bond acceptors (Lipinski definition) is 2. The summed E-state index contributed by atoms with van der Waals surface area (Å²) in [4.78, 5) is 3.34. The van der Waals surface area contributed by atoms with Crippen molar-refractivity contribution in [1.29, 1.82) is 0 Å². The van der Waals surface area contributed by atoms with Gasteiger partial charge in [-0.3, -0.25) is 4.98 Å². The molecule has 0 amide bonds. The third-order valence-corrected chi connectivity index (χ3v) is 1.35. The second kappa shape index (κ2) is 3.39. The average molecular weight is 158 g/mol. The largest absolute Gasteiger partial charge is 0.330 e. The summed E-state index contributed by atoms with van der Waals surface area (Å²) in [6.07, 6.45) is 2.17. The van der Waals surface area contributed by atoms with Crippen molar-refractivity contribution in [3.8, 4) is 0 Å². The number of nitrogens with two attached hydrogens (primary N) is 1. The molecule has 0 saturated carbocycles. The molecule has 0 aliphatic carbocycles. The van der Waals surface area contributed by atoms with Gasteiger partial charge in [-0.05, 0) is 13.0 Å². The fourth-order valence-corrected chi connectivity index (χ4v) is 0.821. The van der Waals surface area contributed by atoms with Crippen LogP contribution in [0.5, 0.6) is 0 Å².